The number of β-lactam (4-membered cyclic amide) rings is 1. The number of halogens is 3. The molecule has 1 aliphatic rings. The Morgan fingerprint density at radius 1 is 1.27 bits per heavy atom. The number of aryl methyl sites for hydroxylation is 1. The van der Waals surface area contributed by atoms with Crippen LogP contribution in [0.15, 0.2) is 36.5 Å². The number of benzene rings is 1. The van der Waals surface area contributed by atoms with E-state index in [0.29, 0.717) is 15.3 Å². The number of alkyl halides is 3. The van der Waals surface area contributed by atoms with Crippen LogP contribution in [0, 0.1) is 5.92 Å². The van der Waals surface area contributed by atoms with Crippen LogP contribution in [0.5, 0.6) is 0 Å². The summed E-state index contributed by atoms with van der Waals surface area (Å²) in [7, 11) is 0. The Morgan fingerprint density at radius 2 is 1.94 bits per heavy atom. The average Bonchev–Trinajstić information content (AvgIpc) is 3.16. The van der Waals surface area contributed by atoms with Gasteiger partial charge in [0.2, 0.25) is 5.91 Å². The third-order valence-corrected chi connectivity index (χ3v) is 5.90. The Balaban J connectivity index is 1.75. The molecule has 3 N–H and O–H groups in total. The van der Waals surface area contributed by atoms with Crippen molar-refractivity contribution in [3.63, 3.8) is 0 Å². The fraction of sp³-hybridized carbons (Fsp3) is 0.350. The van der Waals surface area contributed by atoms with Gasteiger partial charge in [-0.05, 0) is 25.3 Å². The highest BCUT2D eigenvalue weighted by Gasteiger charge is 2.56. The first kappa shape index (κ1) is 24.2. The van der Waals surface area contributed by atoms with Gasteiger partial charge in [-0.1, -0.05) is 30.3 Å². The van der Waals surface area contributed by atoms with E-state index < -0.39 is 48.1 Å². The smallest absolute Gasteiger partial charge is 0.385 e. The molecule has 0 bridgehead atoms. The van der Waals surface area contributed by atoms with Gasteiger partial charge in [-0.3, -0.25) is 4.79 Å². The van der Waals surface area contributed by atoms with Gasteiger partial charge in [0, 0.05) is 11.1 Å². The second kappa shape index (κ2) is 9.57. The average molecular weight is 484 g/mol. The van der Waals surface area contributed by atoms with Gasteiger partial charge in [0.25, 0.3) is 0 Å². The van der Waals surface area contributed by atoms with Crippen molar-refractivity contribution in [2.75, 3.05) is 5.73 Å². The van der Waals surface area contributed by atoms with E-state index >= 15 is 0 Å². The van der Waals surface area contributed by atoms with Crippen molar-refractivity contribution in [3.8, 4) is 0 Å². The number of nitrogens with one attached hydrogen (secondary N) is 1. The second-order valence-electron chi connectivity index (χ2n) is 7.25. The van der Waals surface area contributed by atoms with Crippen molar-refractivity contribution in [2.45, 2.75) is 38.0 Å². The number of hydrogen-bond acceptors (Lipinski definition) is 8. The number of imide groups is 1. The molecule has 9 nitrogen and oxygen atoms in total. The summed E-state index contributed by atoms with van der Waals surface area (Å²) in [5, 5.41) is 2.81. The summed E-state index contributed by atoms with van der Waals surface area (Å²) in [6.45, 7) is 1.63. The first-order valence-corrected chi connectivity index (χ1v) is 10.5. The van der Waals surface area contributed by atoms with Gasteiger partial charge in [-0.2, -0.15) is 13.2 Å². The fourth-order valence-electron chi connectivity index (χ4n) is 3.35. The van der Waals surface area contributed by atoms with Crippen molar-refractivity contribution in [3.05, 3.63) is 47.0 Å². The Hall–Kier alpha value is -3.48. The monoisotopic (exact) mass is 484 g/mol. The van der Waals surface area contributed by atoms with Gasteiger partial charge in [0.15, 0.2) is 11.2 Å². The van der Waals surface area contributed by atoms with Crippen molar-refractivity contribution in [2.24, 2.45) is 5.92 Å². The summed E-state index contributed by atoms with van der Waals surface area (Å²) >= 11 is 1.15. The van der Waals surface area contributed by atoms with Crippen LogP contribution in [-0.4, -0.2) is 46.0 Å². The van der Waals surface area contributed by atoms with Gasteiger partial charge in [-0.25, -0.2) is 24.3 Å². The number of hydrogen-bond donors (Lipinski definition) is 2. The number of rotatable bonds is 6. The second-order valence-corrected chi connectivity index (χ2v) is 8.40. The van der Waals surface area contributed by atoms with Gasteiger partial charge in [0.1, 0.15) is 0 Å². The van der Waals surface area contributed by atoms with Gasteiger partial charge in [-0.15, -0.1) is 11.3 Å². The molecule has 3 rings (SSSR count). The topological polar surface area (TPSA) is 132 Å². The maximum Gasteiger partial charge on any atom is 0.491 e. The number of urea groups is 1. The van der Waals surface area contributed by atoms with Crippen molar-refractivity contribution in [1.29, 1.82) is 0 Å². The number of amides is 3. The lowest BCUT2D eigenvalue weighted by Crippen LogP contribution is -2.68. The third-order valence-electron chi connectivity index (χ3n) is 5.01. The molecule has 0 unspecified atom stereocenters. The molecule has 2 heterocycles. The minimum Gasteiger partial charge on any atom is -0.385 e. The van der Waals surface area contributed by atoms with Gasteiger partial charge >= 0.3 is 24.1 Å². The summed E-state index contributed by atoms with van der Waals surface area (Å²) in [5.41, 5.74) is 6.25. The number of anilines is 1. The highest BCUT2D eigenvalue weighted by atomic mass is 32.1. The maximum absolute atomic E-state index is 12.7. The predicted octanol–water partition coefficient (Wildman–Crippen LogP) is 2.59. The number of esters is 2. The van der Waals surface area contributed by atoms with Gasteiger partial charge < -0.3 is 15.8 Å². The Kier molecular flexibility index (Phi) is 7.01. The molecule has 1 aromatic carbocycles. The zero-order valence-electron chi connectivity index (χ0n) is 17.2. The normalized spacial score (nSPS) is 18.9. The first-order valence-electron chi connectivity index (χ1n) is 9.70. The Labute approximate surface area is 189 Å². The molecule has 1 fully saturated rings. The SMILES string of the molecule is C[C@@H](NC(=O)N1C(=O)[C@H](CCc2cnc(N)s2)[C@H]1C(=O)OC(=O)C(F)(F)F)c1ccccc1. The van der Waals surface area contributed by atoms with Crippen LogP contribution in [0.25, 0.3) is 0 Å². The number of ether oxygens (including phenoxy) is 1. The van der Waals surface area contributed by atoms with E-state index in [1.165, 1.54) is 6.20 Å². The van der Waals surface area contributed by atoms with Crippen LogP contribution in [0.4, 0.5) is 23.1 Å². The van der Waals surface area contributed by atoms with E-state index in [0.717, 1.165) is 11.3 Å². The maximum atomic E-state index is 12.7. The predicted molar refractivity (Wildman–Crippen MR) is 110 cm³/mol. The number of nitrogens with two attached hydrogens (primary N) is 1. The molecule has 0 aliphatic carbocycles. The van der Waals surface area contributed by atoms with Gasteiger partial charge in [0.05, 0.1) is 12.0 Å². The minimum absolute atomic E-state index is 0.0124. The molecular formula is C20H19F3N4O5S. The van der Waals surface area contributed by atoms with E-state index in [9.17, 15) is 32.3 Å². The molecule has 1 saturated heterocycles. The van der Waals surface area contributed by atoms with E-state index in [4.69, 9.17) is 5.73 Å². The largest absolute Gasteiger partial charge is 0.491 e. The minimum atomic E-state index is -5.41. The molecule has 0 saturated carbocycles. The lowest BCUT2D eigenvalue weighted by Gasteiger charge is -2.43. The number of nitrogen functional groups attached to an aromatic ring is 1. The molecule has 33 heavy (non-hydrogen) atoms. The molecule has 1 aliphatic heterocycles. The van der Waals surface area contributed by atoms with Crippen LogP contribution < -0.4 is 11.1 Å². The Bertz CT molecular complexity index is 1060. The molecule has 176 valence electrons. The number of nitrogens with zero attached hydrogens (tertiary/aromatic N) is 2. The number of carbonyl (C=O) groups is 4. The number of aromatic nitrogens is 1. The van der Waals surface area contributed by atoms with E-state index in [2.05, 4.69) is 15.0 Å². The first-order chi connectivity index (χ1) is 15.5. The number of likely N-dealkylation sites (tertiary alicyclic amines) is 1. The fourth-order valence-corrected chi connectivity index (χ4v) is 4.05. The van der Waals surface area contributed by atoms with Crippen LogP contribution in [-0.2, 0) is 25.5 Å². The molecule has 3 amide bonds. The lowest BCUT2D eigenvalue weighted by atomic mass is 9.83. The molecule has 0 radical (unpaired) electrons. The molecule has 13 heteroatoms. The van der Waals surface area contributed by atoms with Crippen molar-refractivity contribution < 1.29 is 37.1 Å². The highest BCUT2D eigenvalue weighted by molar-refractivity contribution is 7.15. The summed E-state index contributed by atoms with van der Waals surface area (Å²) in [5.74, 6) is -6.28. The Morgan fingerprint density at radius 3 is 2.52 bits per heavy atom. The van der Waals surface area contributed by atoms with Crippen LogP contribution in [0.3, 0.4) is 0 Å². The molecular weight excluding hydrogens is 465 g/mol. The zero-order chi connectivity index (χ0) is 24.3. The van der Waals surface area contributed by atoms with Crippen LogP contribution in [0.1, 0.15) is 29.8 Å². The third kappa shape index (κ3) is 5.48. The molecule has 3 atom stereocenters. The standard InChI is InChI=1S/C20H19F3N4O5S/c1-10(11-5-3-2-4-6-11)26-19(31)27-14(16(29)32-17(30)20(21,22)23)13(15(27)28)8-7-12-9-25-18(24)33-12/h2-6,9-10,13-14H,7-8H2,1H3,(H2,24,25)(H,26,31)/t10-,13-,14+/m1/s1. The van der Waals surface area contributed by atoms with Crippen LogP contribution in [0.2, 0.25) is 0 Å². The molecule has 1 aromatic heterocycles. The summed E-state index contributed by atoms with van der Waals surface area (Å²) in [6, 6.07) is 5.44. The van der Waals surface area contributed by atoms with Crippen molar-refractivity contribution >= 4 is 40.3 Å². The lowest BCUT2D eigenvalue weighted by molar-refractivity contribution is -0.205. The van der Waals surface area contributed by atoms with E-state index in [-0.39, 0.29) is 18.0 Å². The number of carbonyl (C=O) groups excluding carboxylic acids is 4. The highest BCUT2D eigenvalue weighted by Crippen LogP contribution is 2.34. The van der Waals surface area contributed by atoms with Crippen LogP contribution >= 0.6 is 11.3 Å². The summed E-state index contributed by atoms with van der Waals surface area (Å²) < 4.78 is 41.6. The number of thiazole rings is 1. The van der Waals surface area contributed by atoms with E-state index in [1.54, 1.807) is 37.3 Å². The van der Waals surface area contributed by atoms with E-state index in [1.807, 2.05) is 0 Å². The summed E-state index contributed by atoms with van der Waals surface area (Å²) in [4.78, 5) is 53.9. The quantitative estimate of drug-likeness (QED) is 0.366. The molecule has 0 spiro atoms. The zero-order valence-corrected chi connectivity index (χ0v) is 18.0. The van der Waals surface area contributed by atoms with Crippen molar-refractivity contribution in [1.82, 2.24) is 15.2 Å². The molecule has 2 aromatic rings. The summed E-state index contributed by atoms with van der Waals surface area (Å²) in [6.07, 6.45) is -3.69.